The van der Waals surface area contributed by atoms with Crippen molar-refractivity contribution in [3.05, 3.63) is 29.1 Å². The maximum absolute atomic E-state index is 12.0. The zero-order chi connectivity index (χ0) is 14.7. The van der Waals surface area contributed by atoms with Crippen molar-refractivity contribution < 1.29 is 9.53 Å². The van der Waals surface area contributed by atoms with E-state index in [9.17, 15) is 4.79 Å². The summed E-state index contributed by atoms with van der Waals surface area (Å²) in [5.41, 5.74) is 3.87. The number of rotatable bonds is 5. The molecule has 1 amide bonds. The van der Waals surface area contributed by atoms with Gasteiger partial charge in [-0.2, -0.15) is 0 Å². The molecule has 4 nitrogen and oxygen atoms in total. The fourth-order valence-electron chi connectivity index (χ4n) is 3.45. The topological polar surface area (TPSA) is 42.4 Å². The SMILES string of the molecule is COCCN1C[C@@H](Cc2ccc3c(n2)CCCC3)CC1=O. The molecule has 1 aromatic rings. The summed E-state index contributed by atoms with van der Waals surface area (Å²) in [4.78, 5) is 18.7. The first kappa shape index (κ1) is 14.5. The van der Waals surface area contributed by atoms with Crippen LogP contribution in [0.15, 0.2) is 12.1 Å². The lowest BCUT2D eigenvalue weighted by Crippen LogP contribution is -2.29. The molecule has 1 aliphatic carbocycles. The number of amides is 1. The van der Waals surface area contributed by atoms with Crippen LogP contribution in [0.25, 0.3) is 0 Å². The van der Waals surface area contributed by atoms with Gasteiger partial charge in [-0.15, -0.1) is 0 Å². The Morgan fingerprint density at radius 1 is 1.33 bits per heavy atom. The van der Waals surface area contributed by atoms with Gasteiger partial charge in [0.05, 0.1) is 6.61 Å². The van der Waals surface area contributed by atoms with Gasteiger partial charge in [-0.3, -0.25) is 9.78 Å². The molecule has 0 aromatic carbocycles. The van der Waals surface area contributed by atoms with Gasteiger partial charge in [0, 0.05) is 38.0 Å². The first-order valence-corrected chi connectivity index (χ1v) is 8.00. The maximum Gasteiger partial charge on any atom is 0.223 e. The van der Waals surface area contributed by atoms with E-state index in [-0.39, 0.29) is 5.91 Å². The zero-order valence-corrected chi connectivity index (χ0v) is 12.8. The molecule has 2 heterocycles. The van der Waals surface area contributed by atoms with Gasteiger partial charge in [-0.1, -0.05) is 6.07 Å². The van der Waals surface area contributed by atoms with Crippen LogP contribution in [0, 0.1) is 5.92 Å². The van der Waals surface area contributed by atoms with Crippen molar-refractivity contribution in [2.45, 2.75) is 38.5 Å². The Morgan fingerprint density at radius 2 is 2.19 bits per heavy atom. The van der Waals surface area contributed by atoms with Crippen LogP contribution in [0.2, 0.25) is 0 Å². The van der Waals surface area contributed by atoms with Gasteiger partial charge in [-0.25, -0.2) is 0 Å². The summed E-state index contributed by atoms with van der Waals surface area (Å²) in [5, 5.41) is 0. The van der Waals surface area contributed by atoms with Crippen molar-refractivity contribution in [2.24, 2.45) is 5.92 Å². The predicted molar refractivity (Wildman–Crippen MR) is 81.1 cm³/mol. The number of carbonyl (C=O) groups excluding carboxylic acids is 1. The van der Waals surface area contributed by atoms with Gasteiger partial charge in [0.25, 0.3) is 0 Å². The number of aromatic nitrogens is 1. The van der Waals surface area contributed by atoms with Crippen LogP contribution in [0.5, 0.6) is 0 Å². The third-order valence-electron chi connectivity index (χ3n) is 4.59. The lowest BCUT2D eigenvalue weighted by molar-refractivity contribution is -0.128. The van der Waals surface area contributed by atoms with E-state index in [1.165, 1.54) is 30.5 Å². The fourth-order valence-corrected chi connectivity index (χ4v) is 3.45. The molecule has 21 heavy (non-hydrogen) atoms. The molecule has 1 atom stereocenters. The average Bonchev–Trinajstić information content (AvgIpc) is 2.84. The van der Waals surface area contributed by atoms with Gasteiger partial charge in [0.1, 0.15) is 0 Å². The molecule has 114 valence electrons. The molecule has 1 saturated heterocycles. The molecule has 2 aliphatic rings. The molecule has 1 aliphatic heterocycles. The zero-order valence-electron chi connectivity index (χ0n) is 12.8. The van der Waals surface area contributed by atoms with Crippen LogP contribution >= 0.6 is 0 Å². The third kappa shape index (κ3) is 3.43. The fraction of sp³-hybridized carbons (Fsp3) is 0.647. The summed E-state index contributed by atoms with van der Waals surface area (Å²) in [6, 6.07) is 4.41. The van der Waals surface area contributed by atoms with Gasteiger partial charge in [0.15, 0.2) is 0 Å². The normalized spacial score (nSPS) is 21.7. The van der Waals surface area contributed by atoms with E-state index in [2.05, 4.69) is 12.1 Å². The Bertz CT molecular complexity index is 516. The molecule has 3 rings (SSSR count). The minimum absolute atomic E-state index is 0.259. The molecular formula is C17H24N2O2. The number of likely N-dealkylation sites (tertiary alicyclic amines) is 1. The molecule has 0 spiro atoms. The number of nitrogens with zero attached hydrogens (tertiary/aromatic N) is 2. The maximum atomic E-state index is 12.0. The Kier molecular flexibility index (Phi) is 4.54. The Morgan fingerprint density at radius 3 is 3.05 bits per heavy atom. The van der Waals surface area contributed by atoms with Gasteiger partial charge >= 0.3 is 0 Å². The minimum atomic E-state index is 0.259. The van der Waals surface area contributed by atoms with Crippen LogP contribution in [-0.4, -0.2) is 42.6 Å². The van der Waals surface area contributed by atoms with Crippen LogP contribution < -0.4 is 0 Å². The Hall–Kier alpha value is -1.42. The van der Waals surface area contributed by atoms with E-state index in [1.807, 2.05) is 4.90 Å². The smallest absolute Gasteiger partial charge is 0.223 e. The summed E-state index contributed by atoms with van der Waals surface area (Å²) in [6.07, 6.45) is 6.42. The van der Waals surface area contributed by atoms with Crippen LogP contribution in [0.3, 0.4) is 0 Å². The van der Waals surface area contributed by atoms with E-state index in [0.717, 1.165) is 25.1 Å². The number of hydrogen-bond donors (Lipinski definition) is 0. The molecular weight excluding hydrogens is 264 g/mol. The third-order valence-corrected chi connectivity index (χ3v) is 4.59. The molecule has 0 unspecified atom stereocenters. The second-order valence-electron chi connectivity index (χ2n) is 6.22. The number of methoxy groups -OCH3 is 1. The first-order valence-electron chi connectivity index (χ1n) is 8.00. The molecule has 0 radical (unpaired) electrons. The molecule has 0 N–H and O–H groups in total. The van der Waals surface area contributed by atoms with E-state index in [4.69, 9.17) is 9.72 Å². The molecule has 1 aromatic heterocycles. The highest BCUT2D eigenvalue weighted by molar-refractivity contribution is 5.78. The van der Waals surface area contributed by atoms with Crippen molar-refractivity contribution in [3.8, 4) is 0 Å². The molecule has 0 saturated carbocycles. The molecule has 0 bridgehead atoms. The molecule has 1 fully saturated rings. The summed E-state index contributed by atoms with van der Waals surface area (Å²) >= 11 is 0. The summed E-state index contributed by atoms with van der Waals surface area (Å²) < 4.78 is 5.06. The van der Waals surface area contributed by atoms with E-state index in [1.54, 1.807) is 7.11 Å². The summed E-state index contributed by atoms with van der Waals surface area (Å²) in [6.45, 7) is 2.18. The number of pyridine rings is 1. The summed E-state index contributed by atoms with van der Waals surface area (Å²) in [7, 11) is 1.68. The standard InChI is InChI=1S/C17H24N2O2/c1-21-9-8-19-12-13(11-17(19)20)10-15-7-6-14-4-2-3-5-16(14)18-15/h6-7,13H,2-5,8-12H2,1H3/t13-/m0/s1. The van der Waals surface area contributed by atoms with Crippen molar-refractivity contribution in [2.75, 3.05) is 26.8 Å². The quantitative estimate of drug-likeness (QED) is 0.832. The number of ether oxygens (including phenoxy) is 1. The van der Waals surface area contributed by atoms with Gasteiger partial charge in [-0.05, 0) is 49.7 Å². The summed E-state index contributed by atoms with van der Waals surface area (Å²) in [5.74, 6) is 0.665. The number of carbonyl (C=O) groups is 1. The van der Waals surface area contributed by atoms with E-state index in [0.29, 0.717) is 25.5 Å². The highest BCUT2D eigenvalue weighted by atomic mass is 16.5. The second-order valence-corrected chi connectivity index (χ2v) is 6.22. The van der Waals surface area contributed by atoms with Crippen molar-refractivity contribution >= 4 is 5.91 Å². The van der Waals surface area contributed by atoms with Crippen molar-refractivity contribution in [1.29, 1.82) is 0 Å². The Labute approximate surface area is 126 Å². The van der Waals surface area contributed by atoms with Crippen LogP contribution in [0.4, 0.5) is 0 Å². The Balaban J connectivity index is 1.61. The van der Waals surface area contributed by atoms with Crippen molar-refractivity contribution in [3.63, 3.8) is 0 Å². The average molecular weight is 288 g/mol. The van der Waals surface area contributed by atoms with Crippen LogP contribution in [0.1, 0.15) is 36.2 Å². The largest absolute Gasteiger partial charge is 0.383 e. The number of aryl methyl sites for hydroxylation is 2. The predicted octanol–water partition coefficient (Wildman–Crippen LogP) is 2.00. The number of fused-ring (bicyclic) bond motifs is 1. The number of hydrogen-bond acceptors (Lipinski definition) is 3. The molecule has 4 heteroatoms. The van der Waals surface area contributed by atoms with Gasteiger partial charge in [0.2, 0.25) is 5.91 Å². The van der Waals surface area contributed by atoms with Crippen molar-refractivity contribution in [1.82, 2.24) is 9.88 Å². The van der Waals surface area contributed by atoms with E-state index >= 15 is 0 Å². The minimum Gasteiger partial charge on any atom is -0.383 e. The highest BCUT2D eigenvalue weighted by Gasteiger charge is 2.29. The first-order chi connectivity index (χ1) is 10.3. The second kappa shape index (κ2) is 6.56. The monoisotopic (exact) mass is 288 g/mol. The van der Waals surface area contributed by atoms with Gasteiger partial charge < -0.3 is 9.64 Å². The van der Waals surface area contributed by atoms with E-state index < -0.39 is 0 Å². The lowest BCUT2D eigenvalue weighted by atomic mass is 9.94. The highest BCUT2D eigenvalue weighted by Crippen LogP contribution is 2.24. The lowest BCUT2D eigenvalue weighted by Gasteiger charge is -2.17. The van der Waals surface area contributed by atoms with Crippen LogP contribution in [-0.2, 0) is 28.8 Å².